The SMILES string of the molecule is CC(=O)Oc1ccccc1C(=O)N1CCN(c2nc3ccccc3c3nnc(-c4ccc(C)cc4)n23)CC1C. The summed E-state index contributed by atoms with van der Waals surface area (Å²) in [4.78, 5) is 34.2. The van der Waals surface area contributed by atoms with Gasteiger partial charge in [-0.05, 0) is 38.1 Å². The molecule has 6 rings (SSSR count). The smallest absolute Gasteiger partial charge is 0.308 e. The van der Waals surface area contributed by atoms with Gasteiger partial charge < -0.3 is 14.5 Å². The molecule has 1 aliphatic rings. The molecule has 2 aromatic heterocycles. The molecule has 9 heteroatoms. The summed E-state index contributed by atoms with van der Waals surface area (Å²) in [6.07, 6.45) is 0. The molecule has 0 aliphatic carbocycles. The average molecular weight is 521 g/mol. The second kappa shape index (κ2) is 9.83. The van der Waals surface area contributed by atoms with E-state index in [9.17, 15) is 9.59 Å². The van der Waals surface area contributed by atoms with Gasteiger partial charge in [-0.1, -0.05) is 54.1 Å². The van der Waals surface area contributed by atoms with Gasteiger partial charge in [-0.2, -0.15) is 0 Å². The molecule has 1 amide bonds. The number of aromatic nitrogens is 4. The van der Waals surface area contributed by atoms with Gasteiger partial charge >= 0.3 is 5.97 Å². The summed E-state index contributed by atoms with van der Waals surface area (Å²) in [7, 11) is 0. The molecule has 1 saturated heterocycles. The van der Waals surface area contributed by atoms with Gasteiger partial charge in [0.25, 0.3) is 5.91 Å². The molecular weight excluding hydrogens is 492 g/mol. The molecule has 5 aromatic rings. The van der Waals surface area contributed by atoms with Gasteiger partial charge in [0.1, 0.15) is 5.75 Å². The van der Waals surface area contributed by atoms with Crippen molar-refractivity contribution >= 4 is 34.4 Å². The highest BCUT2D eigenvalue weighted by Gasteiger charge is 2.32. The fourth-order valence-electron chi connectivity index (χ4n) is 5.15. The monoisotopic (exact) mass is 520 g/mol. The van der Waals surface area contributed by atoms with Crippen molar-refractivity contribution in [3.63, 3.8) is 0 Å². The highest BCUT2D eigenvalue weighted by molar-refractivity contribution is 5.98. The van der Waals surface area contributed by atoms with Crippen molar-refractivity contribution in [3.05, 3.63) is 83.9 Å². The third-order valence-corrected chi connectivity index (χ3v) is 7.08. The number of nitrogens with zero attached hydrogens (tertiary/aromatic N) is 6. The lowest BCUT2D eigenvalue weighted by Crippen LogP contribution is -2.54. The number of benzene rings is 3. The number of hydrogen-bond donors (Lipinski definition) is 0. The van der Waals surface area contributed by atoms with Crippen LogP contribution < -0.4 is 9.64 Å². The maximum atomic E-state index is 13.5. The van der Waals surface area contributed by atoms with Crippen LogP contribution in [0.15, 0.2) is 72.8 Å². The summed E-state index contributed by atoms with van der Waals surface area (Å²) >= 11 is 0. The number of fused-ring (bicyclic) bond motifs is 3. The van der Waals surface area contributed by atoms with Crippen LogP contribution in [0.1, 0.15) is 29.8 Å². The minimum atomic E-state index is -0.460. The zero-order valence-electron chi connectivity index (χ0n) is 22.0. The lowest BCUT2D eigenvalue weighted by atomic mass is 10.1. The van der Waals surface area contributed by atoms with E-state index < -0.39 is 5.97 Å². The number of esters is 1. The first-order valence-electron chi connectivity index (χ1n) is 12.9. The largest absolute Gasteiger partial charge is 0.426 e. The molecule has 39 heavy (non-hydrogen) atoms. The van der Waals surface area contributed by atoms with E-state index in [4.69, 9.17) is 9.72 Å². The van der Waals surface area contributed by atoms with E-state index in [0.717, 1.165) is 33.9 Å². The Morgan fingerprint density at radius 2 is 1.67 bits per heavy atom. The van der Waals surface area contributed by atoms with Crippen molar-refractivity contribution < 1.29 is 14.3 Å². The number of carbonyl (C=O) groups is 2. The average Bonchev–Trinajstić information content (AvgIpc) is 3.38. The number of ether oxygens (including phenoxy) is 1. The van der Waals surface area contributed by atoms with Crippen molar-refractivity contribution in [1.82, 2.24) is 24.5 Å². The minimum absolute atomic E-state index is 0.126. The molecule has 196 valence electrons. The topological polar surface area (TPSA) is 92.9 Å². The fourth-order valence-corrected chi connectivity index (χ4v) is 5.15. The quantitative estimate of drug-likeness (QED) is 0.254. The van der Waals surface area contributed by atoms with Gasteiger partial charge in [0, 0.05) is 43.5 Å². The van der Waals surface area contributed by atoms with E-state index in [0.29, 0.717) is 25.2 Å². The van der Waals surface area contributed by atoms with Gasteiger partial charge in [0.15, 0.2) is 11.5 Å². The van der Waals surface area contributed by atoms with Gasteiger partial charge in [0.05, 0.1) is 11.1 Å². The van der Waals surface area contributed by atoms with Gasteiger partial charge in [-0.15, -0.1) is 10.2 Å². The highest BCUT2D eigenvalue weighted by atomic mass is 16.5. The molecule has 0 bridgehead atoms. The molecule has 1 unspecified atom stereocenters. The van der Waals surface area contributed by atoms with Crippen LogP contribution in [0, 0.1) is 6.92 Å². The van der Waals surface area contributed by atoms with Crippen LogP contribution in [-0.2, 0) is 4.79 Å². The van der Waals surface area contributed by atoms with Crippen molar-refractivity contribution in [2.24, 2.45) is 0 Å². The lowest BCUT2D eigenvalue weighted by molar-refractivity contribution is -0.131. The predicted octanol–water partition coefficient (Wildman–Crippen LogP) is 4.53. The number of para-hydroxylation sites is 2. The lowest BCUT2D eigenvalue weighted by Gasteiger charge is -2.40. The number of amides is 1. The van der Waals surface area contributed by atoms with E-state index in [1.807, 2.05) is 52.6 Å². The number of carbonyl (C=O) groups excluding carboxylic acids is 2. The van der Waals surface area contributed by atoms with Crippen molar-refractivity contribution in [2.45, 2.75) is 26.8 Å². The maximum absolute atomic E-state index is 13.5. The molecule has 1 atom stereocenters. The summed E-state index contributed by atoms with van der Waals surface area (Å²) in [5.74, 6) is 1.11. The molecule has 0 radical (unpaired) electrons. The molecule has 0 saturated carbocycles. The molecular formula is C30H28N6O3. The Morgan fingerprint density at radius 1 is 0.923 bits per heavy atom. The zero-order chi connectivity index (χ0) is 27.1. The molecule has 0 N–H and O–H groups in total. The zero-order valence-corrected chi connectivity index (χ0v) is 22.0. The van der Waals surface area contributed by atoms with Crippen LogP contribution in [0.5, 0.6) is 5.75 Å². The summed E-state index contributed by atoms with van der Waals surface area (Å²) in [6.45, 7) is 7.01. The summed E-state index contributed by atoms with van der Waals surface area (Å²) in [6, 6.07) is 22.9. The highest BCUT2D eigenvalue weighted by Crippen LogP contribution is 2.30. The van der Waals surface area contributed by atoms with E-state index in [-0.39, 0.29) is 17.7 Å². The molecule has 3 heterocycles. The fraction of sp³-hybridized carbons (Fsp3) is 0.233. The predicted molar refractivity (Wildman–Crippen MR) is 149 cm³/mol. The first kappa shape index (κ1) is 24.5. The molecule has 3 aromatic carbocycles. The van der Waals surface area contributed by atoms with Crippen molar-refractivity contribution in [2.75, 3.05) is 24.5 Å². The van der Waals surface area contributed by atoms with Crippen LogP contribution >= 0.6 is 0 Å². The third-order valence-electron chi connectivity index (χ3n) is 7.08. The third kappa shape index (κ3) is 4.46. The number of piperazine rings is 1. The van der Waals surface area contributed by atoms with Crippen molar-refractivity contribution in [3.8, 4) is 17.1 Å². The summed E-state index contributed by atoms with van der Waals surface area (Å²) in [5.41, 5.74) is 4.08. The second-order valence-electron chi connectivity index (χ2n) is 9.86. The number of aryl methyl sites for hydroxylation is 1. The first-order chi connectivity index (χ1) is 18.9. The van der Waals surface area contributed by atoms with Crippen LogP contribution in [0.3, 0.4) is 0 Å². The Bertz CT molecular complexity index is 1710. The van der Waals surface area contributed by atoms with Crippen LogP contribution in [0.2, 0.25) is 0 Å². The Kier molecular flexibility index (Phi) is 6.18. The van der Waals surface area contributed by atoms with Crippen LogP contribution in [0.4, 0.5) is 5.95 Å². The standard InChI is InChI=1S/C30H28N6O3/c1-19-12-14-22(15-13-19)27-32-33-28-23-8-4-6-10-25(23)31-30(36(27)28)34-16-17-35(20(2)18-34)29(38)24-9-5-7-11-26(24)39-21(3)37/h4-15,20H,16-18H2,1-3H3. The maximum Gasteiger partial charge on any atom is 0.308 e. The van der Waals surface area contributed by atoms with E-state index in [2.05, 4.69) is 34.2 Å². The van der Waals surface area contributed by atoms with Crippen molar-refractivity contribution in [1.29, 1.82) is 0 Å². The van der Waals surface area contributed by atoms with Gasteiger partial charge in [0.2, 0.25) is 5.95 Å². The van der Waals surface area contributed by atoms with Gasteiger partial charge in [-0.3, -0.25) is 9.59 Å². The molecule has 9 nitrogen and oxygen atoms in total. The Hall–Kier alpha value is -4.79. The normalized spacial score (nSPS) is 15.6. The van der Waals surface area contributed by atoms with Crippen LogP contribution in [-0.4, -0.2) is 62.0 Å². The first-order valence-corrected chi connectivity index (χ1v) is 12.9. The Balaban J connectivity index is 1.37. The summed E-state index contributed by atoms with van der Waals surface area (Å²) in [5, 5.41) is 10.1. The molecule has 1 fully saturated rings. The van der Waals surface area contributed by atoms with E-state index >= 15 is 0 Å². The number of anilines is 1. The van der Waals surface area contributed by atoms with Gasteiger partial charge in [-0.25, -0.2) is 9.38 Å². The molecule has 1 aliphatic heterocycles. The Morgan fingerprint density at radius 3 is 2.44 bits per heavy atom. The number of hydrogen-bond acceptors (Lipinski definition) is 7. The van der Waals surface area contributed by atoms with Crippen LogP contribution in [0.25, 0.3) is 27.9 Å². The second-order valence-corrected chi connectivity index (χ2v) is 9.86. The Labute approximate surface area is 225 Å². The molecule has 0 spiro atoms. The minimum Gasteiger partial charge on any atom is -0.426 e. The number of rotatable bonds is 4. The summed E-state index contributed by atoms with van der Waals surface area (Å²) < 4.78 is 7.32. The van der Waals surface area contributed by atoms with E-state index in [1.165, 1.54) is 12.5 Å². The van der Waals surface area contributed by atoms with E-state index in [1.54, 1.807) is 24.3 Å².